The van der Waals surface area contributed by atoms with Gasteiger partial charge in [-0.05, 0) is 37.5 Å². The normalized spacial score (nSPS) is 10.7. The van der Waals surface area contributed by atoms with Crippen LogP contribution in [0.25, 0.3) is 11.4 Å². The zero-order valence-electron chi connectivity index (χ0n) is 18.5. The molecule has 1 aromatic heterocycles. The average Bonchev–Trinajstić information content (AvgIpc) is 3.09. The molecule has 0 fully saturated rings. The van der Waals surface area contributed by atoms with Crippen molar-refractivity contribution in [3.05, 3.63) is 59.2 Å². The summed E-state index contributed by atoms with van der Waals surface area (Å²) in [6, 6.07) is 13.8. The van der Waals surface area contributed by atoms with E-state index in [2.05, 4.69) is 15.5 Å². The molecule has 7 nitrogen and oxygen atoms in total. The highest BCUT2D eigenvalue weighted by molar-refractivity contribution is 7.99. The topological polar surface area (TPSA) is 80.1 Å². The second-order valence-corrected chi connectivity index (χ2v) is 8.48. The van der Waals surface area contributed by atoms with Gasteiger partial charge in [0.2, 0.25) is 11.8 Å². The Morgan fingerprint density at radius 3 is 2.32 bits per heavy atom. The number of amides is 2. The lowest BCUT2D eigenvalue weighted by molar-refractivity contribution is -0.131. The molecule has 0 aliphatic carbocycles. The average molecular weight is 438 g/mol. The molecule has 0 radical (unpaired) electrons. The van der Waals surface area contributed by atoms with Gasteiger partial charge in [-0.25, -0.2) is 0 Å². The van der Waals surface area contributed by atoms with E-state index in [0.29, 0.717) is 5.16 Å². The van der Waals surface area contributed by atoms with Gasteiger partial charge in [0.05, 0.1) is 12.3 Å². The summed E-state index contributed by atoms with van der Waals surface area (Å²) in [5.74, 6) is 0.558. The molecule has 1 heterocycles. The largest absolute Gasteiger partial charge is 0.336 e. The Labute approximate surface area is 186 Å². The van der Waals surface area contributed by atoms with Crippen molar-refractivity contribution >= 4 is 29.3 Å². The van der Waals surface area contributed by atoms with Crippen LogP contribution in [0, 0.1) is 20.8 Å². The first-order valence-electron chi connectivity index (χ1n) is 9.96. The molecule has 31 heavy (non-hydrogen) atoms. The van der Waals surface area contributed by atoms with E-state index in [1.54, 1.807) is 7.05 Å². The van der Waals surface area contributed by atoms with Crippen molar-refractivity contribution in [1.29, 1.82) is 0 Å². The predicted molar refractivity (Wildman–Crippen MR) is 124 cm³/mol. The van der Waals surface area contributed by atoms with Gasteiger partial charge in [0.25, 0.3) is 0 Å². The number of likely N-dealkylation sites (N-methyl/N-ethyl adjacent to an activating group) is 1. The number of nitrogens with one attached hydrogen (secondary N) is 1. The molecule has 162 valence electrons. The van der Waals surface area contributed by atoms with E-state index < -0.39 is 0 Å². The van der Waals surface area contributed by atoms with Gasteiger partial charge in [-0.1, -0.05) is 54.2 Å². The minimum Gasteiger partial charge on any atom is -0.336 e. The molecule has 0 saturated heterocycles. The van der Waals surface area contributed by atoms with Crippen LogP contribution >= 0.6 is 11.8 Å². The van der Waals surface area contributed by atoms with Gasteiger partial charge in [-0.2, -0.15) is 0 Å². The Hall–Kier alpha value is -3.13. The van der Waals surface area contributed by atoms with E-state index in [4.69, 9.17) is 0 Å². The lowest BCUT2D eigenvalue weighted by atomic mass is 10.1. The number of nitrogens with zero attached hydrogens (tertiary/aromatic N) is 4. The summed E-state index contributed by atoms with van der Waals surface area (Å²) in [5, 5.41) is 12.1. The maximum absolute atomic E-state index is 12.5. The summed E-state index contributed by atoms with van der Waals surface area (Å²) >= 11 is 1.31. The fraction of sp³-hybridized carbons (Fsp3) is 0.304. The maximum Gasteiger partial charge on any atom is 0.243 e. The number of carbonyl (C=O) groups excluding carboxylic acids is 2. The van der Waals surface area contributed by atoms with Gasteiger partial charge in [-0.3, -0.25) is 9.59 Å². The summed E-state index contributed by atoms with van der Waals surface area (Å²) < 4.78 is 1.88. The van der Waals surface area contributed by atoms with Crippen LogP contribution in [-0.2, 0) is 16.6 Å². The van der Waals surface area contributed by atoms with E-state index in [9.17, 15) is 9.59 Å². The van der Waals surface area contributed by atoms with Crippen LogP contribution in [0.1, 0.15) is 16.7 Å². The molecular weight excluding hydrogens is 410 g/mol. The molecular formula is C23H27N5O2S. The van der Waals surface area contributed by atoms with Crippen molar-refractivity contribution < 1.29 is 9.59 Å². The van der Waals surface area contributed by atoms with Gasteiger partial charge in [0.1, 0.15) is 0 Å². The molecule has 2 aromatic carbocycles. The van der Waals surface area contributed by atoms with Crippen molar-refractivity contribution in [3.63, 3.8) is 0 Å². The Morgan fingerprint density at radius 1 is 1.00 bits per heavy atom. The van der Waals surface area contributed by atoms with Crippen LogP contribution in [0.2, 0.25) is 0 Å². The molecule has 0 aliphatic heterocycles. The summed E-state index contributed by atoms with van der Waals surface area (Å²) in [4.78, 5) is 26.4. The molecule has 0 bridgehead atoms. The highest BCUT2D eigenvalue weighted by atomic mass is 32.2. The Morgan fingerprint density at radius 2 is 1.65 bits per heavy atom. The zero-order valence-corrected chi connectivity index (χ0v) is 19.3. The van der Waals surface area contributed by atoms with Crippen LogP contribution in [0.5, 0.6) is 0 Å². The highest BCUT2D eigenvalue weighted by Gasteiger charge is 2.18. The number of aromatic nitrogens is 3. The van der Waals surface area contributed by atoms with E-state index in [0.717, 1.165) is 33.8 Å². The fourth-order valence-electron chi connectivity index (χ4n) is 3.23. The highest BCUT2D eigenvalue weighted by Crippen LogP contribution is 2.25. The number of rotatable bonds is 7. The third-order valence-corrected chi connectivity index (χ3v) is 6.10. The number of hydrogen-bond acceptors (Lipinski definition) is 5. The number of anilines is 1. The van der Waals surface area contributed by atoms with E-state index in [1.807, 2.05) is 74.9 Å². The number of aryl methyl sites for hydroxylation is 3. The number of carbonyl (C=O) groups is 2. The molecule has 3 rings (SSSR count). The second kappa shape index (κ2) is 9.78. The zero-order chi connectivity index (χ0) is 22.5. The molecule has 0 saturated carbocycles. The molecule has 0 aliphatic rings. The molecule has 0 spiro atoms. The van der Waals surface area contributed by atoms with Crippen molar-refractivity contribution in [2.45, 2.75) is 25.9 Å². The third kappa shape index (κ3) is 5.32. The molecule has 0 unspecified atom stereocenters. The fourth-order valence-corrected chi connectivity index (χ4v) is 4.08. The van der Waals surface area contributed by atoms with Crippen molar-refractivity contribution in [3.8, 4) is 11.4 Å². The van der Waals surface area contributed by atoms with Gasteiger partial charge >= 0.3 is 0 Å². The standard InChI is InChI=1S/C23H27N5O2S/c1-15-9-6-7-12-18(15)22-25-26-23(28(22)5)31-14-20(30)27(4)13-19(29)24-21-16(2)10-8-11-17(21)3/h6-12H,13-14H2,1-5H3,(H,24,29). The Kier molecular flexibility index (Phi) is 7.12. The number of para-hydroxylation sites is 1. The molecule has 1 N–H and O–H groups in total. The lowest BCUT2D eigenvalue weighted by Gasteiger charge is -2.18. The quantitative estimate of drug-likeness (QED) is 0.572. The molecule has 2 amide bonds. The summed E-state index contributed by atoms with van der Waals surface area (Å²) in [6.45, 7) is 5.90. The molecule has 3 aromatic rings. The van der Waals surface area contributed by atoms with E-state index in [-0.39, 0.29) is 24.1 Å². The summed E-state index contributed by atoms with van der Waals surface area (Å²) in [7, 11) is 3.51. The maximum atomic E-state index is 12.5. The minimum atomic E-state index is -0.223. The van der Waals surface area contributed by atoms with E-state index in [1.165, 1.54) is 16.7 Å². The van der Waals surface area contributed by atoms with E-state index >= 15 is 0 Å². The van der Waals surface area contributed by atoms with Gasteiger partial charge in [-0.15, -0.1) is 10.2 Å². The van der Waals surface area contributed by atoms with Crippen LogP contribution in [0.3, 0.4) is 0 Å². The number of thioether (sulfide) groups is 1. The third-order valence-electron chi connectivity index (χ3n) is 5.10. The van der Waals surface area contributed by atoms with Crippen molar-refractivity contribution in [2.75, 3.05) is 24.7 Å². The molecule has 0 atom stereocenters. The van der Waals surface area contributed by atoms with Crippen molar-refractivity contribution in [2.24, 2.45) is 7.05 Å². The monoisotopic (exact) mass is 437 g/mol. The van der Waals surface area contributed by atoms with Crippen LogP contribution in [0.4, 0.5) is 5.69 Å². The predicted octanol–water partition coefficient (Wildman–Crippen LogP) is 3.60. The minimum absolute atomic E-state index is 0.0134. The van der Waals surface area contributed by atoms with Crippen LogP contribution < -0.4 is 5.32 Å². The Bertz CT molecular complexity index is 1090. The van der Waals surface area contributed by atoms with Crippen LogP contribution in [0.15, 0.2) is 47.6 Å². The first-order chi connectivity index (χ1) is 14.8. The van der Waals surface area contributed by atoms with Crippen molar-refractivity contribution in [1.82, 2.24) is 19.7 Å². The summed E-state index contributed by atoms with van der Waals surface area (Å²) in [5.41, 5.74) is 4.90. The smallest absolute Gasteiger partial charge is 0.243 e. The first kappa shape index (κ1) is 22.6. The van der Waals surface area contributed by atoms with Gasteiger partial charge in [0, 0.05) is 25.3 Å². The lowest BCUT2D eigenvalue weighted by Crippen LogP contribution is -2.36. The molecule has 8 heteroatoms. The SMILES string of the molecule is Cc1ccccc1-c1nnc(SCC(=O)N(C)CC(=O)Nc2c(C)cccc2C)n1C. The first-order valence-corrected chi connectivity index (χ1v) is 10.9. The Balaban J connectivity index is 1.57. The van der Waals surface area contributed by atoms with Gasteiger partial charge < -0.3 is 14.8 Å². The van der Waals surface area contributed by atoms with Gasteiger partial charge in [0.15, 0.2) is 11.0 Å². The number of hydrogen-bond donors (Lipinski definition) is 1. The summed E-state index contributed by atoms with van der Waals surface area (Å²) in [6.07, 6.45) is 0. The second-order valence-electron chi connectivity index (χ2n) is 7.53. The van der Waals surface area contributed by atoms with Crippen LogP contribution in [-0.4, -0.2) is 50.8 Å². The number of benzene rings is 2.